The molecule has 0 saturated carbocycles. The van der Waals surface area contributed by atoms with Crippen molar-refractivity contribution in [3.8, 4) is 11.4 Å². The fourth-order valence-corrected chi connectivity index (χ4v) is 3.22. The van der Waals surface area contributed by atoms with Crippen molar-refractivity contribution >= 4 is 12.1 Å². The van der Waals surface area contributed by atoms with Gasteiger partial charge in [-0.2, -0.15) is 26.3 Å². The van der Waals surface area contributed by atoms with Gasteiger partial charge in [-0.1, -0.05) is 6.92 Å². The van der Waals surface area contributed by atoms with E-state index >= 15 is 0 Å². The summed E-state index contributed by atoms with van der Waals surface area (Å²) in [6.07, 6.45) is -6.51. The molecule has 0 unspecified atom stereocenters. The first-order valence-corrected chi connectivity index (χ1v) is 10.1. The number of piperazine rings is 1. The number of halogens is 6. The number of nitrogens with zero attached hydrogens (tertiary/aromatic N) is 5. The highest BCUT2D eigenvalue weighted by Gasteiger charge is 2.37. The second-order valence-corrected chi connectivity index (χ2v) is 7.41. The lowest BCUT2D eigenvalue weighted by Crippen LogP contribution is -2.49. The highest BCUT2D eigenvalue weighted by atomic mass is 19.4. The first-order valence-electron chi connectivity index (χ1n) is 10.1. The zero-order valence-corrected chi connectivity index (χ0v) is 17.6. The van der Waals surface area contributed by atoms with E-state index in [0.717, 1.165) is 49.8 Å². The van der Waals surface area contributed by atoms with Crippen LogP contribution in [0.1, 0.15) is 18.1 Å². The Morgan fingerprint density at radius 1 is 1.00 bits per heavy atom. The molecule has 2 aromatic rings. The number of carbonyl (C=O) groups is 1. The predicted octanol–water partition coefficient (Wildman–Crippen LogP) is 3.16. The maximum absolute atomic E-state index is 13.0. The predicted molar refractivity (Wildman–Crippen MR) is 107 cm³/mol. The van der Waals surface area contributed by atoms with Gasteiger partial charge in [-0.05, 0) is 24.7 Å². The lowest BCUT2D eigenvalue weighted by Gasteiger charge is -2.33. The van der Waals surface area contributed by atoms with Gasteiger partial charge in [-0.3, -0.25) is 9.69 Å². The van der Waals surface area contributed by atoms with E-state index in [-0.39, 0.29) is 11.9 Å². The van der Waals surface area contributed by atoms with E-state index in [0.29, 0.717) is 18.8 Å². The van der Waals surface area contributed by atoms with Crippen molar-refractivity contribution in [1.29, 1.82) is 0 Å². The van der Waals surface area contributed by atoms with E-state index in [9.17, 15) is 31.1 Å². The minimum absolute atomic E-state index is 0.0346. The highest BCUT2D eigenvalue weighted by Crippen LogP contribution is 2.38. The van der Waals surface area contributed by atoms with Crippen molar-refractivity contribution in [1.82, 2.24) is 29.9 Å². The second-order valence-electron chi connectivity index (χ2n) is 7.41. The summed E-state index contributed by atoms with van der Waals surface area (Å²) in [6.45, 7) is 6.88. The van der Waals surface area contributed by atoms with Crippen LogP contribution < -0.4 is 5.32 Å². The molecule has 1 N–H and O–H groups in total. The molecule has 2 heterocycles. The van der Waals surface area contributed by atoms with Crippen LogP contribution in [0.2, 0.25) is 0 Å². The Hall–Kier alpha value is -2.93. The number of hydrogen-bond acceptors (Lipinski definition) is 5. The van der Waals surface area contributed by atoms with Crippen molar-refractivity contribution in [2.45, 2.75) is 19.3 Å². The zero-order valence-electron chi connectivity index (χ0n) is 17.6. The molecule has 1 aliphatic heterocycles. The number of amides is 1. The molecular weight excluding hydrogens is 454 g/mol. The molecule has 1 aromatic carbocycles. The van der Waals surface area contributed by atoms with E-state index < -0.39 is 35.0 Å². The van der Waals surface area contributed by atoms with Gasteiger partial charge in [0.05, 0.1) is 17.8 Å². The molecule has 3 rings (SSSR count). The summed E-state index contributed by atoms with van der Waals surface area (Å²) in [6, 6.07) is 1.13. The third-order valence-corrected chi connectivity index (χ3v) is 5.12. The monoisotopic (exact) mass is 476 g/mol. The van der Waals surface area contributed by atoms with Gasteiger partial charge in [0.25, 0.3) is 0 Å². The number of rotatable bonds is 6. The average Bonchev–Trinajstić information content (AvgIpc) is 3.24. The van der Waals surface area contributed by atoms with Gasteiger partial charge in [0, 0.05) is 44.0 Å². The zero-order chi connectivity index (χ0) is 24.2. The third kappa shape index (κ3) is 6.78. The second kappa shape index (κ2) is 9.91. The summed E-state index contributed by atoms with van der Waals surface area (Å²) in [5.74, 6) is -0.770. The Labute approximate surface area is 185 Å². The Morgan fingerprint density at radius 3 is 2.12 bits per heavy atom. The summed E-state index contributed by atoms with van der Waals surface area (Å²) < 4.78 is 79.2. The van der Waals surface area contributed by atoms with Gasteiger partial charge in [0.1, 0.15) is 6.33 Å². The number of hydrogen-bond donors (Lipinski definition) is 1. The fraction of sp³-hybridized carbons (Fsp3) is 0.450. The largest absolute Gasteiger partial charge is 0.416 e. The molecule has 33 heavy (non-hydrogen) atoms. The Kier molecular flexibility index (Phi) is 7.42. The Morgan fingerprint density at radius 2 is 1.58 bits per heavy atom. The number of nitrogens with one attached hydrogen (secondary N) is 1. The minimum Gasteiger partial charge on any atom is -0.340 e. The van der Waals surface area contributed by atoms with Crippen molar-refractivity contribution in [3.63, 3.8) is 0 Å². The molecule has 13 heteroatoms. The molecular formula is C20H22F6N6O. The first kappa shape index (κ1) is 24.7. The molecule has 0 bridgehead atoms. The number of benzene rings is 1. The number of carbonyl (C=O) groups excluding carboxylic acids is 1. The lowest BCUT2D eigenvalue weighted by molar-refractivity contribution is -0.143. The van der Waals surface area contributed by atoms with Crippen molar-refractivity contribution in [3.05, 3.63) is 41.7 Å². The van der Waals surface area contributed by atoms with Crippen molar-refractivity contribution in [2.24, 2.45) is 0 Å². The average molecular weight is 476 g/mol. The maximum atomic E-state index is 13.0. The summed E-state index contributed by atoms with van der Waals surface area (Å²) >= 11 is 0. The van der Waals surface area contributed by atoms with E-state index in [4.69, 9.17) is 0 Å². The third-order valence-electron chi connectivity index (χ3n) is 5.12. The minimum atomic E-state index is -4.97. The van der Waals surface area contributed by atoms with Crippen LogP contribution in [0.25, 0.3) is 17.6 Å². The lowest BCUT2D eigenvalue weighted by atomic mass is 10.0. The normalized spacial score (nSPS) is 16.5. The standard InChI is InChI=1S/C20H22F6N6O/c1-2-30-5-7-31(8-6-30)12-27-17(33)3-4-32-13-28-18(29-32)14-9-15(19(21,22)23)11-16(10-14)20(24,25)26/h3-4,9-11,13H,2,5-8,12H2,1H3,(H,27,33). The van der Waals surface area contributed by atoms with Gasteiger partial charge in [0.15, 0.2) is 5.82 Å². The van der Waals surface area contributed by atoms with Crippen LogP contribution in [0.15, 0.2) is 30.6 Å². The van der Waals surface area contributed by atoms with Crippen LogP contribution in [0.3, 0.4) is 0 Å². The van der Waals surface area contributed by atoms with E-state index in [2.05, 4.69) is 32.1 Å². The van der Waals surface area contributed by atoms with Crippen LogP contribution in [0.5, 0.6) is 0 Å². The molecule has 0 atom stereocenters. The molecule has 1 aliphatic rings. The van der Waals surface area contributed by atoms with Gasteiger partial charge in [0.2, 0.25) is 5.91 Å². The van der Waals surface area contributed by atoms with Crippen LogP contribution in [0.4, 0.5) is 26.3 Å². The summed E-state index contributed by atoms with van der Waals surface area (Å²) in [5.41, 5.74) is -3.36. The van der Waals surface area contributed by atoms with Gasteiger partial charge >= 0.3 is 12.4 Å². The molecule has 1 amide bonds. The molecule has 1 aromatic heterocycles. The fourth-order valence-electron chi connectivity index (χ4n) is 3.22. The SMILES string of the molecule is CCN1CCN(CNC(=O)C=Cn2cnc(-c3cc(C(F)(F)F)cc(C(F)(F)F)c3)n2)CC1. The van der Waals surface area contributed by atoms with Crippen molar-refractivity contribution < 1.29 is 31.1 Å². The number of aromatic nitrogens is 3. The summed E-state index contributed by atoms with van der Waals surface area (Å²) in [7, 11) is 0. The van der Waals surface area contributed by atoms with Crippen LogP contribution in [0, 0.1) is 0 Å². The smallest absolute Gasteiger partial charge is 0.340 e. The van der Waals surface area contributed by atoms with E-state index in [1.54, 1.807) is 0 Å². The number of likely N-dealkylation sites (N-methyl/N-ethyl adjacent to an activating group) is 1. The molecule has 7 nitrogen and oxygen atoms in total. The van der Waals surface area contributed by atoms with Gasteiger partial charge in [-0.15, -0.1) is 5.10 Å². The Bertz CT molecular complexity index is 959. The molecule has 1 fully saturated rings. The Balaban J connectivity index is 1.66. The summed E-state index contributed by atoms with van der Waals surface area (Å²) in [4.78, 5) is 20.2. The maximum Gasteiger partial charge on any atom is 0.416 e. The van der Waals surface area contributed by atoms with Crippen LogP contribution >= 0.6 is 0 Å². The molecule has 0 spiro atoms. The van der Waals surface area contributed by atoms with Crippen LogP contribution in [-0.2, 0) is 17.1 Å². The molecule has 1 saturated heterocycles. The number of alkyl halides is 6. The van der Waals surface area contributed by atoms with Gasteiger partial charge in [-0.25, -0.2) is 9.67 Å². The molecule has 180 valence electrons. The van der Waals surface area contributed by atoms with Crippen LogP contribution in [-0.4, -0.2) is 69.9 Å². The van der Waals surface area contributed by atoms with E-state index in [1.165, 1.54) is 6.20 Å². The highest BCUT2D eigenvalue weighted by molar-refractivity contribution is 5.89. The summed E-state index contributed by atoms with van der Waals surface area (Å²) in [5, 5.41) is 6.57. The topological polar surface area (TPSA) is 66.3 Å². The quantitative estimate of drug-likeness (QED) is 0.513. The van der Waals surface area contributed by atoms with E-state index in [1.807, 2.05) is 0 Å². The first-order chi connectivity index (χ1) is 15.5. The molecule has 0 radical (unpaired) electrons. The molecule has 0 aliphatic carbocycles. The van der Waals surface area contributed by atoms with Crippen molar-refractivity contribution in [2.75, 3.05) is 39.4 Å². The van der Waals surface area contributed by atoms with Gasteiger partial charge < -0.3 is 10.2 Å².